The molecule has 7 heteroatoms. The Morgan fingerprint density at radius 3 is 2.47 bits per heavy atom. The van der Waals surface area contributed by atoms with E-state index in [9.17, 15) is 18.0 Å². The van der Waals surface area contributed by atoms with Crippen molar-refractivity contribution in [1.82, 2.24) is 0 Å². The number of nitrogens with one attached hydrogen (secondary N) is 1. The lowest BCUT2D eigenvalue weighted by atomic mass is 10.2. The molecule has 0 radical (unpaired) electrons. The molecular weight excluding hydrogens is 275 g/mol. The monoisotopic (exact) mass is 283 g/mol. The van der Waals surface area contributed by atoms with Crippen molar-refractivity contribution in [2.45, 2.75) is 18.3 Å². The number of halogens is 4. The van der Waals surface area contributed by atoms with Gasteiger partial charge in [-0.05, 0) is 25.1 Å². The fourth-order valence-corrected chi connectivity index (χ4v) is 1.32. The SMILES string of the molecule is CC(S)C(=O)Nc1ccc(C(F)(F)F)cc1Cl. The van der Waals surface area contributed by atoms with E-state index in [-0.39, 0.29) is 10.7 Å². The summed E-state index contributed by atoms with van der Waals surface area (Å²) in [5.74, 6) is -0.435. The van der Waals surface area contributed by atoms with Crippen LogP contribution in [0.15, 0.2) is 18.2 Å². The number of thiol groups is 1. The Hall–Kier alpha value is -0.880. The average Bonchev–Trinajstić information content (AvgIpc) is 2.19. The Morgan fingerprint density at radius 2 is 2.06 bits per heavy atom. The molecule has 0 saturated heterocycles. The van der Waals surface area contributed by atoms with Crippen LogP contribution >= 0.6 is 24.2 Å². The third-order valence-corrected chi connectivity index (χ3v) is 2.48. The molecule has 1 N–H and O–H groups in total. The van der Waals surface area contributed by atoms with Crippen molar-refractivity contribution in [2.24, 2.45) is 0 Å². The van der Waals surface area contributed by atoms with Gasteiger partial charge in [-0.3, -0.25) is 4.79 Å². The molecule has 0 aromatic heterocycles. The minimum Gasteiger partial charge on any atom is -0.324 e. The van der Waals surface area contributed by atoms with Gasteiger partial charge in [0.05, 0.1) is 21.5 Å². The summed E-state index contributed by atoms with van der Waals surface area (Å²) in [5.41, 5.74) is -0.731. The molecule has 1 rings (SSSR count). The number of carbonyl (C=O) groups excluding carboxylic acids is 1. The first-order valence-electron chi connectivity index (χ1n) is 4.57. The van der Waals surface area contributed by atoms with Gasteiger partial charge in [-0.25, -0.2) is 0 Å². The Labute approximate surface area is 107 Å². The molecular formula is C10H9ClF3NOS. The minimum absolute atomic E-state index is 0.130. The van der Waals surface area contributed by atoms with Crippen molar-refractivity contribution in [3.05, 3.63) is 28.8 Å². The maximum absolute atomic E-state index is 12.3. The number of hydrogen-bond donors (Lipinski definition) is 2. The van der Waals surface area contributed by atoms with Crippen LogP contribution in [0.5, 0.6) is 0 Å². The molecule has 1 atom stereocenters. The fourth-order valence-electron chi connectivity index (χ4n) is 1.03. The second kappa shape index (κ2) is 5.18. The maximum atomic E-state index is 12.3. The predicted molar refractivity (Wildman–Crippen MR) is 63.5 cm³/mol. The summed E-state index contributed by atoms with van der Waals surface area (Å²) in [4.78, 5) is 11.3. The van der Waals surface area contributed by atoms with E-state index in [1.54, 1.807) is 0 Å². The van der Waals surface area contributed by atoms with Gasteiger partial charge in [0.25, 0.3) is 0 Å². The van der Waals surface area contributed by atoms with E-state index < -0.39 is 22.9 Å². The number of hydrogen-bond acceptors (Lipinski definition) is 2. The quantitative estimate of drug-likeness (QED) is 0.798. The van der Waals surface area contributed by atoms with Gasteiger partial charge in [0.15, 0.2) is 0 Å². The Bertz CT molecular complexity index is 434. The van der Waals surface area contributed by atoms with Gasteiger partial charge in [-0.15, -0.1) is 0 Å². The average molecular weight is 284 g/mol. The highest BCUT2D eigenvalue weighted by Gasteiger charge is 2.31. The Balaban J connectivity index is 2.95. The van der Waals surface area contributed by atoms with Crippen molar-refractivity contribution >= 4 is 35.8 Å². The molecule has 0 fully saturated rings. The lowest BCUT2D eigenvalue weighted by Crippen LogP contribution is -2.20. The maximum Gasteiger partial charge on any atom is 0.416 e. The molecule has 94 valence electrons. The van der Waals surface area contributed by atoms with Crippen molar-refractivity contribution in [2.75, 3.05) is 5.32 Å². The molecule has 1 aromatic rings. The molecule has 2 nitrogen and oxygen atoms in total. The zero-order valence-corrected chi connectivity index (χ0v) is 10.3. The van der Waals surface area contributed by atoms with Crippen molar-refractivity contribution in [1.29, 1.82) is 0 Å². The molecule has 1 amide bonds. The Morgan fingerprint density at radius 1 is 1.47 bits per heavy atom. The van der Waals surface area contributed by atoms with E-state index in [1.807, 2.05) is 0 Å². The summed E-state index contributed by atoms with van der Waals surface area (Å²) in [7, 11) is 0. The van der Waals surface area contributed by atoms with E-state index in [4.69, 9.17) is 11.6 Å². The van der Waals surface area contributed by atoms with Gasteiger partial charge >= 0.3 is 6.18 Å². The Kier molecular flexibility index (Phi) is 4.32. The summed E-state index contributed by atoms with van der Waals surface area (Å²) in [6.07, 6.45) is -4.46. The summed E-state index contributed by atoms with van der Waals surface area (Å²) < 4.78 is 37.0. The predicted octanol–water partition coefficient (Wildman–Crippen LogP) is 3.62. The van der Waals surface area contributed by atoms with E-state index in [0.29, 0.717) is 0 Å². The third kappa shape index (κ3) is 3.81. The summed E-state index contributed by atoms with van der Waals surface area (Å²) >= 11 is 9.53. The van der Waals surface area contributed by atoms with Gasteiger partial charge in [-0.2, -0.15) is 25.8 Å². The minimum atomic E-state index is -4.46. The highest BCUT2D eigenvalue weighted by Crippen LogP contribution is 2.33. The number of amides is 1. The second-order valence-corrected chi connectivity index (χ2v) is 4.54. The number of carbonyl (C=O) groups is 1. The first-order valence-corrected chi connectivity index (χ1v) is 5.47. The van der Waals surface area contributed by atoms with Gasteiger partial charge in [0.1, 0.15) is 0 Å². The zero-order valence-electron chi connectivity index (χ0n) is 8.68. The molecule has 0 spiro atoms. The van der Waals surface area contributed by atoms with Crippen LogP contribution < -0.4 is 5.32 Å². The first-order chi connectivity index (χ1) is 7.71. The van der Waals surface area contributed by atoms with Crippen LogP contribution in [-0.2, 0) is 11.0 Å². The third-order valence-electron chi connectivity index (χ3n) is 1.93. The topological polar surface area (TPSA) is 29.1 Å². The second-order valence-electron chi connectivity index (χ2n) is 3.36. The number of rotatable bonds is 2. The molecule has 1 aromatic carbocycles. The lowest BCUT2D eigenvalue weighted by molar-refractivity contribution is -0.137. The van der Waals surface area contributed by atoms with E-state index in [0.717, 1.165) is 18.2 Å². The van der Waals surface area contributed by atoms with Gasteiger partial charge < -0.3 is 5.32 Å². The summed E-state index contributed by atoms with van der Waals surface area (Å²) in [6, 6.07) is 2.73. The molecule has 0 heterocycles. The van der Waals surface area contributed by atoms with Gasteiger partial charge in [0.2, 0.25) is 5.91 Å². The van der Waals surface area contributed by atoms with E-state index >= 15 is 0 Å². The van der Waals surface area contributed by atoms with E-state index in [2.05, 4.69) is 17.9 Å². The van der Waals surface area contributed by atoms with Crippen LogP contribution in [-0.4, -0.2) is 11.2 Å². The summed E-state index contributed by atoms with van der Waals surface area (Å²) in [6.45, 7) is 1.54. The fraction of sp³-hybridized carbons (Fsp3) is 0.300. The lowest BCUT2D eigenvalue weighted by Gasteiger charge is -2.11. The zero-order chi connectivity index (χ0) is 13.2. The number of alkyl halides is 3. The molecule has 0 bridgehead atoms. The van der Waals surface area contributed by atoms with Crippen LogP contribution in [0, 0.1) is 0 Å². The first kappa shape index (κ1) is 14.2. The molecule has 0 aliphatic heterocycles. The molecule has 0 aliphatic carbocycles. The van der Waals surface area contributed by atoms with Gasteiger partial charge in [-0.1, -0.05) is 11.6 Å². The van der Waals surface area contributed by atoms with Crippen LogP contribution in [0.25, 0.3) is 0 Å². The van der Waals surface area contributed by atoms with E-state index in [1.165, 1.54) is 6.92 Å². The number of anilines is 1. The van der Waals surface area contributed by atoms with Gasteiger partial charge in [0, 0.05) is 0 Å². The summed E-state index contributed by atoms with van der Waals surface area (Å²) in [5, 5.41) is 1.63. The smallest absolute Gasteiger partial charge is 0.324 e. The normalized spacial score (nSPS) is 13.3. The molecule has 1 unspecified atom stereocenters. The van der Waals surface area contributed by atoms with Crippen molar-refractivity contribution in [3.63, 3.8) is 0 Å². The van der Waals surface area contributed by atoms with Crippen molar-refractivity contribution < 1.29 is 18.0 Å². The largest absolute Gasteiger partial charge is 0.416 e. The van der Waals surface area contributed by atoms with Crippen molar-refractivity contribution in [3.8, 4) is 0 Å². The molecule has 0 aliphatic rings. The highest BCUT2D eigenvalue weighted by molar-refractivity contribution is 7.81. The molecule has 0 saturated carbocycles. The van der Waals surface area contributed by atoms with Crippen LogP contribution in [0.3, 0.4) is 0 Å². The molecule has 17 heavy (non-hydrogen) atoms. The number of benzene rings is 1. The van der Waals surface area contributed by atoms with Crippen LogP contribution in [0.2, 0.25) is 5.02 Å². The van der Waals surface area contributed by atoms with Crippen LogP contribution in [0.1, 0.15) is 12.5 Å². The standard InChI is InChI=1S/C10H9ClF3NOS/c1-5(17)9(16)15-8-3-2-6(4-7(8)11)10(12,13)14/h2-5,17H,1H3,(H,15,16). The highest BCUT2D eigenvalue weighted by atomic mass is 35.5. The van der Waals surface area contributed by atoms with Crippen LogP contribution in [0.4, 0.5) is 18.9 Å².